The molecule has 0 aliphatic heterocycles. The summed E-state index contributed by atoms with van der Waals surface area (Å²) >= 11 is 0. The number of rotatable bonds is 8. The van der Waals surface area contributed by atoms with Crippen molar-refractivity contribution in [1.82, 2.24) is 4.98 Å². The van der Waals surface area contributed by atoms with Gasteiger partial charge in [-0.15, -0.1) is 0 Å². The fraction of sp³-hybridized carbons (Fsp3) is 0.0435. The van der Waals surface area contributed by atoms with Crippen LogP contribution in [0.15, 0.2) is 94.2 Å². The monoisotopic (exact) mass is 450 g/mol. The number of benzene rings is 3. The zero-order valence-electron chi connectivity index (χ0n) is 16.6. The van der Waals surface area contributed by atoms with Crippen LogP contribution in [0.3, 0.4) is 0 Å². The molecule has 0 fully saturated rings. The van der Waals surface area contributed by atoms with E-state index in [1.165, 1.54) is 36.4 Å². The predicted molar refractivity (Wildman–Crippen MR) is 117 cm³/mol. The highest BCUT2D eigenvalue weighted by atomic mass is 32.2. The van der Waals surface area contributed by atoms with Gasteiger partial charge >= 0.3 is 5.97 Å². The molecule has 0 unspecified atom stereocenters. The van der Waals surface area contributed by atoms with Gasteiger partial charge in [-0.25, -0.2) is 13.2 Å². The van der Waals surface area contributed by atoms with E-state index in [2.05, 4.69) is 9.71 Å². The molecule has 0 radical (unpaired) electrons. The van der Waals surface area contributed by atoms with Crippen molar-refractivity contribution in [2.75, 3.05) is 4.72 Å². The Balaban J connectivity index is 1.60. The first kappa shape index (κ1) is 21.1. The molecule has 3 aromatic carbocycles. The fourth-order valence-corrected chi connectivity index (χ4v) is 3.93. The number of hydrogen-bond acceptors (Lipinski definition) is 6. The molecule has 0 bridgehead atoms. The van der Waals surface area contributed by atoms with E-state index in [0.29, 0.717) is 11.3 Å². The van der Waals surface area contributed by atoms with Crippen molar-refractivity contribution in [2.24, 2.45) is 0 Å². The number of hydrogen-bond donors (Lipinski definition) is 2. The van der Waals surface area contributed by atoms with Crippen LogP contribution in [0.5, 0.6) is 5.75 Å². The summed E-state index contributed by atoms with van der Waals surface area (Å²) in [4.78, 5) is 15.3. The number of nitrogens with zero attached hydrogens (tertiary/aromatic N) is 1. The summed E-state index contributed by atoms with van der Waals surface area (Å²) in [7, 11) is -3.88. The molecule has 32 heavy (non-hydrogen) atoms. The van der Waals surface area contributed by atoms with Crippen molar-refractivity contribution < 1.29 is 27.5 Å². The van der Waals surface area contributed by atoms with Crippen molar-refractivity contribution in [2.45, 2.75) is 11.5 Å². The number of carboxylic acids is 1. The Morgan fingerprint density at radius 3 is 2.19 bits per heavy atom. The minimum absolute atomic E-state index is 0.0416. The number of anilines is 1. The SMILES string of the molecule is O=C(O)c1ccc(OCc2nc(NS(=O)(=O)c3ccccc3)c(-c3ccccc3)o2)cc1. The Morgan fingerprint density at radius 2 is 1.56 bits per heavy atom. The van der Waals surface area contributed by atoms with Gasteiger partial charge in [0.15, 0.2) is 18.2 Å². The molecule has 0 saturated heterocycles. The van der Waals surface area contributed by atoms with Gasteiger partial charge in [-0.1, -0.05) is 48.5 Å². The molecule has 4 aromatic rings. The van der Waals surface area contributed by atoms with E-state index in [1.807, 2.05) is 6.07 Å². The number of aromatic nitrogens is 1. The second kappa shape index (κ2) is 8.94. The highest BCUT2D eigenvalue weighted by molar-refractivity contribution is 7.92. The van der Waals surface area contributed by atoms with Crippen LogP contribution in [0.25, 0.3) is 11.3 Å². The molecule has 2 N–H and O–H groups in total. The van der Waals surface area contributed by atoms with Crippen LogP contribution < -0.4 is 9.46 Å². The maximum atomic E-state index is 12.8. The van der Waals surface area contributed by atoms with Crippen LogP contribution in [-0.4, -0.2) is 24.5 Å². The maximum absolute atomic E-state index is 12.8. The molecular weight excluding hydrogens is 432 g/mol. The standard InChI is InChI=1S/C23H18N2O6S/c26-23(27)17-11-13-18(14-12-17)30-15-20-24-22(21(31-20)16-7-3-1-4-8-16)25-32(28,29)19-9-5-2-6-10-19/h1-14,25H,15H2,(H,26,27). The van der Waals surface area contributed by atoms with Gasteiger partial charge < -0.3 is 14.3 Å². The number of aromatic carboxylic acids is 1. The summed E-state index contributed by atoms with van der Waals surface area (Å²) in [5, 5.41) is 8.98. The number of ether oxygens (including phenoxy) is 1. The van der Waals surface area contributed by atoms with Gasteiger partial charge in [-0.2, -0.15) is 4.98 Å². The fourth-order valence-electron chi connectivity index (χ4n) is 2.91. The molecule has 9 heteroatoms. The average molecular weight is 450 g/mol. The molecule has 0 aliphatic carbocycles. The van der Waals surface area contributed by atoms with E-state index in [1.54, 1.807) is 42.5 Å². The quantitative estimate of drug-likeness (QED) is 0.408. The summed E-state index contributed by atoms with van der Waals surface area (Å²) in [6, 6.07) is 22.8. The van der Waals surface area contributed by atoms with Crippen molar-refractivity contribution in [3.05, 3.63) is 96.4 Å². The highest BCUT2D eigenvalue weighted by Crippen LogP contribution is 2.31. The van der Waals surface area contributed by atoms with E-state index < -0.39 is 16.0 Å². The van der Waals surface area contributed by atoms with Gasteiger partial charge in [0, 0.05) is 5.56 Å². The second-order valence-electron chi connectivity index (χ2n) is 6.69. The largest absolute Gasteiger partial charge is 0.484 e. The topological polar surface area (TPSA) is 119 Å². The van der Waals surface area contributed by atoms with E-state index in [4.69, 9.17) is 14.3 Å². The van der Waals surface area contributed by atoms with Gasteiger partial charge in [0.25, 0.3) is 10.0 Å². The third kappa shape index (κ3) is 4.79. The van der Waals surface area contributed by atoms with Crippen LogP contribution in [0.1, 0.15) is 16.2 Å². The van der Waals surface area contributed by atoms with E-state index in [-0.39, 0.29) is 34.5 Å². The second-order valence-corrected chi connectivity index (χ2v) is 8.37. The number of nitrogens with one attached hydrogen (secondary N) is 1. The predicted octanol–water partition coefficient (Wildman–Crippen LogP) is 4.42. The Bertz CT molecular complexity index is 1320. The number of carbonyl (C=O) groups is 1. The van der Waals surface area contributed by atoms with Crippen molar-refractivity contribution in [3.8, 4) is 17.1 Å². The lowest BCUT2D eigenvalue weighted by Crippen LogP contribution is -2.13. The van der Waals surface area contributed by atoms with Crippen molar-refractivity contribution >= 4 is 21.8 Å². The van der Waals surface area contributed by atoms with Crippen LogP contribution in [0.4, 0.5) is 5.82 Å². The lowest BCUT2D eigenvalue weighted by Gasteiger charge is -2.06. The molecule has 162 valence electrons. The Kier molecular flexibility index (Phi) is 5.91. The van der Waals surface area contributed by atoms with Gasteiger partial charge in [-0.3, -0.25) is 4.72 Å². The minimum Gasteiger partial charge on any atom is -0.484 e. The lowest BCUT2D eigenvalue weighted by atomic mass is 10.2. The Labute approximate surface area is 184 Å². The number of sulfonamides is 1. The maximum Gasteiger partial charge on any atom is 0.335 e. The highest BCUT2D eigenvalue weighted by Gasteiger charge is 2.22. The summed E-state index contributed by atoms with van der Waals surface area (Å²) < 4.78 is 39.5. The van der Waals surface area contributed by atoms with Crippen LogP contribution in [0, 0.1) is 0 Å². The molecule has 0 amide bonds. The molecule has 0 saturated carbocycles. The first-order valence-corrected chi connectivity index (χ1v) is 11.0. The first-order chi connectivity index (χ1) is 15.4. The van der Waals surface area contributed by atoms with Gasteiger partial charge in [0.05, 0.1) is 10.5 Å². The normalized spacial score (nSPS) is 11.1. The Hall–Kier alpha value is -4.11. The van der Waals surface area contributed by atoms with Crippen molar-refractivity contribution in [3.63, 3.8) is 0 Å². The summed E-state index contributed by atoms with van der Waals surface area (Å²) in [6.07, 6.45) is 0. The summed E-state index contributed by atoms with van der Waals surface area (Å²) in [5.41, 5.74) is 0.778. The molecule has 1 heterocycles. The first-order valence-electron chi connectivity index (χ1n) is 9.51. The van der Waals surface area contributed by atoms with E-state index >= 15 is 0 Å². The van der Waals surface area contributed by atoms with Gasteiger partial charge in [0.2, 0.25) is 5.89 Å². The van der Waals surface area contributed by atoms with Crippen molar-refractivity contribution in [1.29, 1.82) is 0 Å². The molecule has 0 aliphatic rings. The van der Waals surface area contributed by atoms with Crippen LogP contribution in [-0.2, 0) is 16.6 Å². The summed E-state index contributed by atoms with van der Waals surface area (Å²) in [5.74, 6) is -0.172. The Morgan fingerprint density at radius 1 is 0.938 bits per heavy atom. The van der Waals surface area contributed by atoms with Crippen LogP contribution in [0.2, 0.25) is 0 Å². The lowest BCUT2D eigenvalue weighted by molar-refractivity contribution is 0.0696. The minimum atomic E-state index is -3.88. The third-order valence-corrected chi connectivity index (χ3v) is 5.81. The zero-order valence-corrected chi connectivity index (χ0v) is 17.5. The van der Waals surface area contributed by atoms with E-state index in [0.717, 1.165) is 0 Å². The molecule has 0 spiro atoms. The van der Waals surface area contributed by atoms with E-state index in [9.17, 15) is 13.2 Å². The number of carboxylic acid groups (broad SMARTS) is 1. The number of oxazole rings is 1. The molecule has 0 atom stereocenters. The molecule has 4 rings (SSSR count). The van der Waals surface area contributed by atoms with Gasteiger partial charge in [-0.05, 0) is 36.4 Å². The molecule has 1 aromatic heterocycles. The zero-order chi connectivity index (χ0) is 22.6. The molecule has 8 nitrogen and oxygen atoms in total. The third-order valence-electron chi connectivity index (χ3n) is 4.46. The van der Waals surface area contributed by atoms with Crippen LogP contribution >= 0.6 is 0 Å². The van der Waals surface area contributed by atoms with Gasteiger partial charge in [0.1, 0.15) is 5.75 Å². The molecular formula is C23H18N2O6S. The smallest absolute Gasteiger partial charge is 0.335 e. The average Bonchev–Trinajstić information content (AvgIpc) is 3.21. The summed E-state index contributed by atoms with van der Waals surface area (Å²) in [6.45, 7) is -0.0840.